The quantitative estimate of drug-likeness (QED) is 0.0292. The zero-order valence-corrected chi connectivity index (χ0v) is 29.1. The minimum absolute atomic E-state index is 0.0265. The number of carboxylic acid groups (broad SMARTS) is 1. The maximum atomic E-state index is 13.5. The van der Waals surface area contributed by atoms with E-state index >= 15 is 0 Å². The van der Waals surface area contributed by atoms with Crippen molar-refractivity contribution in [3.05, 3.63) is 0 Å². The molecule has 0 rings (SSSR count). The number of rotatable bonds is 26. The number of aliphatic carboxylic acids is 1. The molecule has 0 bridgehead atoms. The Balaban J connectivity index is 6.15. The topological polar surface area (TPSA) is 368 Å². The van der Waals surface area contributed by atoms with Gasteiger partial charge in [-0.15, -0.1) is 0 Å². The van der Waals surface area contributed by atoms with Crippen LogP contribution in [0.25, 0.3) is 0 Å². The smallest absolute Gasteiger partial charge is 0.328 e. The lowest BCUT2D eigenvalue weighted by atomic mass is 10.0. The number of unbranched alkanes of at least 4 members (excludes halogenated alkanes) is 1. The Hall–Kier alpha value is -3.99. The van der Waals surface area contributed by atoms with Gasteiger partial charge in [0, 0.05) is 6.42 Å². The Morgan fingerprint density at radius 1 is 0.600 bits per heavy atom. The van der Waals surface area contributed by atoms with Gasteiger partial charge in [-0.3, -0.25) is 34.1 Å². The molecule has 0 aliphatic carbocycles. The van der Waals surface area contributed by atoms with E-state index in [1.807, 2.05) is 0 Å². The van der Waals surface area contributed by atoms with Crippen LogP contribution < -0.4 is 60.2 Å². The molecule has 0 saturated heterocycles. The van der Waals surface area contributed by atoms with Crippen LogP contribution in [0.1, 0.15) is 65.7 Å². The molecule has 0 fully saturated rings. The summed E-state index contributed by atoms with van der Waals surface area (Å²) in [5.41, 5.74) is 21.8. The summed E-state index contributed by atoms with van der Waals surface area (Å²) in [4.78, 5) is 88.6. The summed E-state index contributed by atoms with van der Waals surface area (Å²) in [6.07, 6.45) is -3.17. The molecule has 0 aromatic rings. The van der Waals surface area contributed by atoms with Gasteiger partial charge in [-0.25, -0.2) is 4.79 Å². The average Bonchev–Trinajstić information content (AvgIpc) is 3.01. The Labute approximate surface area is 291 Å². The van der Waals surface area contributed by atoms with Crippen LogP contribution in [0.3, 0.4) is 0 Å². The Morgan fingerprint density at radius 3 is 1.52 bits per heavy atom. The lowest BCUT2D eigenvalue weighted by molar-refractivity contribution is -0.145. The van der Waals surface area contributed by atoms with Gasteiger partial charge in [0.25, 0.3) is 0 Å². The van der Waals surface area contributed by atoms with Crippen molar-refractivity contribution >= 4 is 41.4 Å². The summed E-state index contributed by atoms with van der Waals surface area (Å²) < 4.78 is 0. The van der Waals surface area contributed by atoms with Crippen LogP contribution in [0.5, 0.6) is 0 Å². The average molecular weight is 720 g/mol. The molecule has 8 atom stereocenters. The summed E-state index contributed by atoms with van der Waals surface area (Å²) in [7, 11) is 1.72. The van der Waals surface area contributed by atoms with Crippen LogP contribution in [0.4, 0.5) is 0 Å². The van der Waals surface area contributed by atoms with Gasteiger partial charge in [-0.05, 0) is 79.4 Å². The number of aliphatic hydroxyl groups excluding tert-OH is 2. The van der Waals surface area contributed by atoms with Crippen molar-refractivity contribution in [1.82, 2.24) is 37.2 Å². The highest BCUT2D eigenvalue weighted by molar-refractivity contribution is 5.96. The van der Waals surface area contributed by atoms with Gasteiger partial charge < -0.3 is 70.2 Å². The number of hydrogen-bond donors (Lipinski definition) is 14. The zero-order valence-electron chi connectivity index (χ0n) is 29.1. The molecule has 50 heavy (non-hydrogen) atoms. The molecule has 18 N–H and O–H groups in total. The van der Waals surface area contributed by atoms with E-state index in [1.165, 1.54) is 13.8 Å². The molecule has 0 aromatic heterocycles. The molecule has 21 nitrogen and oxygen atoms in total. The van der Waals surface area contributed by atoms with Crippen molar-refractivity contribution < 1.29 is 48.9 Å². The molecule has 0 radical (unpaired) electrons. The monoisotopic (exact) mass is 719 g/mol. The van der Waals surface area contributed by atoms with Crippen LogP contribution in [-0.4, -0.2) is 132 Å². The molecule has 21 heteroatoms. The number of primary amides is 1. The fourth-order valence-electron chi connectivity index (χ4n) is 4.46. The van der Waals surface area contributed by atoms with E-state index in [9.17, 15) is 48.9 Å². The number of carbonyl (C=O) groups excluding carboxylic acids is 6. The molecular weight excluding hydrogens is 662 g/mol. The minimum atomic E-state index is -1.74. The number of hydrogen-bond acceptors (Lipinski definition) is 14. The molecule has 0 aromatic carbocycles. The van der Waals surface area contributed by atoms with Crippen molar-refractivity contribution in [2.45, 2.75) is 120 Å². The fourth-order valence-corrected chi connectivity index (χ4v) is 4.46. The van der Waals surface area contributed by atoms with E-state index in [0.29, 0.717) is 25.8 Å². The Kier molecular flexibility index (Phi) is 22.3. The summed E-state index contributed by atoms with van der Waals surface area (Å²) in [6.45, 7) is 4.62. The molecule has 0 spiro atoms. The second kappa shape index (κ2) is 24.2. The number of aliphatic hydroxyl groups is 2. The first-order valence-corrected chi connectivity index (χ1v) is 16.4. The summed E-state index contributed by atoms with van der Waals surface area (Å²) in [6, 6.07) is -8.34. The summed E-state index contributed by atoms with van der Waals surface area (Å²) in [5, 5.41) is 47.2. The number of amides is 6. The van der Waals surface area contributed by atoms with E-state index in [0.717, 1.165) is 6.92 Å². The first-order chi connectivity index (χ1) is 23.3. The molecule has 0 aliphatic rings. The maximum absolute atomic E-state index is 13.5. The highest BCUT2D eigenvalue weighted by Gasteiger charge is 2.34. The van der Waals surface area contributed by atoms with E-state index < -0.39 is 96.2 Å². The molecule has 0 heterocycles. The lowest BCUT2D eigenvalue weighted by Gasteiger charge is -2.28. The van der Waals surface area contributed by atoms with E-state index in [2.05, 4.69) is 37.2 Å². The van der Waals surface area contributed by atoms with E-state index in [1.54, 1.807) is 7.05 Å². The third-order valence-electron chi connectivity index (χ3n) is 7.32. The predicted molar refractivity (Wildman–Crippen MR) is 180 cm³/mol. The standard InChI is InChI=1S/C29H57N11O10/c1-14(30)23(44)36-18(9-7-13-35-29(32)33)25(46)39-21(15(2)41)27(48)38-17(8-5-6-12-34-4)24(45)37-19(10-11-20(31)43)26(47)40-22(16(3)42)28(49)50/h14-19,21-22,29,34-35,41-42H,5-13,30,32-33H2,1-4H3,(H2,31,43)(H,36,44)(H,37,45)(H,38,48)(H,39,46)(H,40,47)(H,49,50)/t14-,15+,16+,17-,18-,19-,21-,22-/m0/s1. The van der Waals surface area contributed by atoms with E-state index in [4.69, 9.17) is 22.9 Å². The van der Waals surface area contributed by atoms with Crippen molar-refractivity contribution in [1.29, 1.82) is 0 Å². The first-order valence-electron chi connectivity index (χ1n) is 16.4. The predicted octanol–water partition coefficient (Wildman–Crippen LogP) is -6.17. The van der Waals surface area contributed by atoms with Crippen molar-refractivity contribution in [3.63, 3.8) is 0 Å². The van der Waals surface area contributed by atoms with Gasteiger partial charge in [0.2, 0.25) is 35.4 Å². The van der Waals surface area contributed by atoms with Gasteiger partial charge >= 0.3 is 5.97 Å². The zero-order chi connectivity index (χ0) is 38.6. The Morgan fingerprint density at radius 2 is 1.06 bits per heavy atom. The molecule has 0 unspecified atom stereocenters. The maximum Gasteiger partial charge on any atom is 0.328 e. The van der Waals surface area contributed by atoms with Crippen LogP contribution in [0, 0.1) is 0 Å². The number of carboxylic acids is 1. The molecule has 6 amide bonds. The van der Waals surface area contributed by atoms with Gasteiger partial charge in [0.1, 0.15) is 30.5 Å². The van der Waals surface area contributed by atoms with Crippen LogP contribution in [0.15, 0.2) is 0 Å². The normalized spacial score (nSPS) is 16.0. The number of nitrogens with one attached hydrogen (secondary N) is 7. The SMILES string of the molecule is CNCCCC[C@H](NC(=O)[C@@H](NC(=O)[C@H](CCCNC(N)N)NC(=O)[C@H](C)N)[C@@H](C)O)C(=O)N[C@@H](CCC(N)=O)C(=O)N[C@H](C(=O)O)[C@@H](C)O. The second-order valence-corrected chi connectivity index (χ2v) is 12.0. The minimum Gasteiger partial charge on any atom is -0.480 e. The van der Waals surface area contributed by atoms with E-state index in [-0.39, 0.29) is 32.2 Å². The van der Waals surface area contributed by atoms with Crippen molar-refractivity contribution in [2.75, 3.05) is 20.1 Å². The van der Waals surface area contributed by atoms with Crippen LogP contribution in [0.2, 0.25) is 0 Å². The molecule has 0 saturated carbocycles. The van der Waals surface area contributed by atoms with Gasteiger partial charge in [0.15, 0.2) is 6.04 Å². The first kappa shape index (κ1) is 46.0. The highest BCUT2D eigenvalue weighted by atomic mass is 16.4. The number of carbonyl (C=O) groups is 7. The number of nitrogens with two attached hydrogens (primary N) is 4. The highest BCUT2D eigenvalue weighted by Crippen LogP contribution is 2.08. The third kappa shape index (κ3) is 18.7. The lowest BCUT2D eigenvalue weighted by Crippen LogP contribution is -2.61. The van der Waals surface area contributed by atoms with Crippen LogP contribution in [-0.2, 0) is 33.6 Å². The summed E-state index contributed by atoms with van der Waals surface area (Å²) in [5.74, 6) is -6.77. The molecular formula is C29H57N11O10. The van der Waals surface area contributed by atoms with Crippen molar-refractivity contribution in [2.24, 2.45) is 22.9 Å². The molecule has 0 aliphatic heterocycles. The summed E-state index contributed by atoms with van der Waals surface area (Å²) >= 11 is 0. The Bertz CT molecular complexity index is 1120. The third-order valence-corrected chi connectivity index (χ3v) is 7.32. The van der Waals surface area contributed by atoms with Gasteiger partial charge in [-0.2, -0.15) is 0 Å². The fraction of sp³-hybridized carbons (Fsp3) is 0.759. The van der Waals surface area contributed by atoms with Gasteiger partial charge in [-0.1, -0.05) is 0 Å². The van der Waals surface area contributed by atoms with Gasteiger partial charge in [0.05, 0.1) is 18.2 Å². The van der Waals surface area contributed by atoms with Crippen molar-refractivity contribution in [3.8, 4) is 0 Å². The van der Waals surface area contributed by atoms with Crippen LogP contribution >= 0.6 is 0 Å². The largest absolute Gasteiger partial charge is 0.480 e. The second-order valence-electron chi connectivity index (χ2n) is 12.0. The molecule has 288 valence electrons.